The Morgan fingerprint density at radius 2 is 2.06 bits per heavy atom. The fourth-order valence-electron chi connectivity index (χ4n) is 1.58. The van der Waals surface area contributed by atoms with Crippen LogP contribution < -0.4 is 0 Å². The monoisotopic (exact) mass is 235 g/mol. The van der Waals surface area contributed by atoms with Gasteiger partial charge < -0.3 is 4.74 Å². The Hall–Kier alpha value is -1.38. The van der Waals surface area contributed by atoms with Crippen LogP contribution in [0.3, 0.4) is 0 Å². The second kappa shape index (κ2) is 5.30. The highest BCUT2D eigenvalue weighted by Crippen LogP contribution is 2.19. The maximum atomic E-state index is 11.7. The lowest BCUT2D eigenvalue weighted by molar-refractivity contribution is -0.155. The van der Waals surface area contributed by atoms with Gasteiger partial charge in [0.15, 0.2) is 0 Å². The van der Waals surface area contributed by atoms with Gasteiger partial charge in [0, 0.05) is 17.3 Å². The zero-order valence-corrected chi connectivity index (χ0v) is 11.3. The minimum absolute atomic E-state index is 0.0877. The molecule has 3 nitrogen and oxygen atoms in total. The maximum Gasteiger partial charge on any atom is 0.306 e. The molecule has 0 fully saturated rings. The molecule has 94 valence electrons. The van der Waals surface area contributed by atoms with E-state index in [-0.39, 0.29) is 11.9 Å². The van der Waals surface area contributed by atoms with E-state index in [2.05, 4.69) is 4.98 Å². The predicted octanol–water partition coefficient (Wildman–Crippen LogP) is 3.23. The molecule has 3 heteroatoms. The van der Waals surface area contributed by atoms with E-state index in [1.54, 1.807) is 0 Å². The van der Waals surface area contributed by atoms with Crippen LogP contribution in [-0.2, 0) is 9.53 Å². The van der Waals surface area contributed by atoms with E-state index in [1.165, 1.54) is 0 Å². The van der Waals surface area contributed by atoms with Gasteiger partial charge in [0.2, 0.25) is 0 Å². The van der Waals surface area contributed by atoms with Crippen LogP contribution >= 0.6 is 0 Å². The molecule has 0 saturated heterocycles. The van der Waals surface area contributed by atoms with Crippen LogP contribution in [0.4, 0.5) is 0 Å². The molecule has 0 N–H and O–H groups in total. The van der Waals surface area contributed by atoms with E-state index in [0.29, 0.717) is 6.42 Å². The smallest absolute Gasteiger partial charge is 0.306 e. The molecule has 1 atom stereocenters. The third kappa shape index (κ3) is 4.98. The van der Waals surface area contributed by atoms with Gasteiger partial charge in [0.05, 0.1) is 6.42 Å². The average Bonchev–Trinajstić information content (AvgIpc) is 2.14. The number of carbonyl (C=O) groups excluding carboxylic acids is 1. The number of aryl methyl sites for hydroxylation is 1. The number of hydrogen-bond acceptors (Lipinski definition) is 3. The number of hydrogen-bond donors (Lipinski definition) is 0. The highest BCUT2D eigenvalue weighted by atomic mass is 16.6. The Labute approximate surface area is 103 Å². The summed E-state index contributed by atoms with van der Waals surface area (Å²) in [5.74, 6) is -0.0851. The number of pyridine rings is 1. The second-order valence-electron chi connectivity index (χ2n) is 5.40. The molecule has 0 aromatic carbocycles. The summed E-state index contributed by atoms with van der Waals surface area (Å²) in [6.45, 7) is 9.57. The van der Waals surface area contributed by atoms with Crippen molar-refractivity contribution >= 4 is 5.97 Å². The summed E-state index contributed by atoms with van der Waals surface area (Å²) in [5, 5.41) is 0. The van der Waals surface area contributed by atoms with Gasteiger partial charge in [-0.15, -0.1) is 0 Å². The van der Waals surface area contributed by atoms with Crippen molar-refractivity contribution in [1.29, 1.82) is 0 Å². The first kappa shape index (κ1) is 13.7. The fraction of sp³-hybridized carbons (Fsp3) is 0.571. The van der Waals surface area contributed by atoms with Gasteiger partial charge in [-0.1, -0.05) is 13.0 Å². The molecule has 0 spiro atoms. The molecule has 0 aliphatic rings. The van der Waals surface area contributed by atoms with Crippen LogP contribution in [0.1, 0.15) is 51.4 Å². The molecule has 0 amide bonds. The SMILES string of the molecule is Cc1cccc(C(C)CC(=O)OC(C)(C)C)n1. The largest absolute Gasteiger partial charge is 0.460 e. The van der Waals surface area contributed by atoms with E-state index in [9.17, 15) is 4.79 Å². The number of rotatable bonds is 3. The Kier molecular flexibility index (Phi) is 4.27. The van der Waals surface area contributed by atoms with Gasteiger partial charge in [-0.25, -0.2) is 0 Å². The quantitative estimate of drug-likeness (QED) is 0.755. The van der Waals surface area contributed by atoms with E-state index in [4.69, 9.17) is 4.74 Å². The number of aromatic nitrogens is 1. The molecule has 0 radical (unpaired) electrons. The summed E-state index contributed by atoms with van der Waals surface area (Å²) in [5.41, 5.74) is 1.49. The number of carbonyl (C=O) groups is 1. The Morgan fingerprint density at radius 1 is 1.41 bits per heavy atom. The third-order valence-electron chi connectivity index (χ3n) is 2.31. The maximum absolute atomic E-state index is 11.7. The van der Waals surface area contributed by atoms with Crippen molar-refractivity contribution in [1.82, 2.24) is 4.98 Å². The molecule has 1 heterocycles. The average molecular weight is 235 g/mol. The zero-order chi connectivity index (χ0) is 13.1. The molecule has 0 aliphatic carbocycles. The van der Waals surface area contributed by atoms with Gasteiger partial charge in [0.25, 0.3) is 0 Å². The molecule has 0 bridgehead atoms. The van der Waals surface area contributed by atoms with Crippen molar-refractivity contribution in [3.8, 4) is 0 Å². The predicted molar refractivity (Wildman–Crippen MR) is 67.9 cm³/mol. The Balaban J connectivity index is 2.61. The molecule has 0 aliphatic heterocycles. The first-order valence-electron chi connectivity index (χ1n) is 5.93. The van der Waals surface area contributed by atoms with Crippen LogP contribution in [0.25, 0.3) is 0 Å². The van der Waals surface area contributed by atoms with Crippen molar-refractivity contribution in [3.05, 3.63) is 29.6 Å². The van der Waals surface area contributed by atoms with Gasteiger partial charge in [-0.3, -0.25) is 9.78 Å². The Morgan fingerprint density at radius 3 is 2.59 bits per heavy atom. The van der Waals surface area contributed by atoms with Crippen molar-refractivity contribution in [2.45, 2.75) is 52.6 Å². The van der Waals surface area contributed by atoms with Crippen molar-refractivity contribution < 1.29 is 9.53 Å². The van der Waals surface area contributed by atoms with Gasteiger partial charge in [-0.05, 0) is 39.8 Å². The molecule has 17 heavy (non-hydrogen) atoms. The minimum atomic E-state index is -0.420. The molecular formula is C14H21NO2. The molecule has 0 saturated carbocycles. The van der Waals surface area contributed by atoms with Crippen molar-refractivity contribution in [2.24, 2.45) is 0 Å². The van der Waals surface area contributed by atoms with E-state index in [0.717, 1.165) is 11.4 Å². The summed E-state index contributed by atoms with van der Waals surface area (Å²) in [7, 11) is 0. The van der Waals surface area contributed by atoms with E-state index in [1.807, 2.05) is 52.8 Å². The molecular weight excluding hydrogens is 214 g/mol. The minimum Gasteiger partial charge on any atom is -0.460 e. The lowest BCUT2D eigenvalue weighted by Crippen LogP contribution is -2.24. The lowest BCUT2D eigenvalue weighted by atomic mass is 10.0. The van der Waals surface area contributed by atoms with Gasteiger partial charge >= 0.3 is 5.97 Å². The summed E-state index contributed by atoms with van der Waals surface area (Å²) in [6.07, 6.45) is 0.369. The molecule has 1 aromatic rings. The summed E-state index contributed by atoms with van der Waals surface area (Å²) in [6, 6.07) is 5.86. The number of ether oxygens (including phenoxy) is 1. The second-order valence-corrected chi connectivity index (χ2v) is 5.40. The summed E-state index contributed by atoms with van der Waals surface area (Å²) >= 11 is 0. The van der Waals surface area contributed by atoms with Gasteiger partial charge in [0.1, 0.15) is 5.60 Å². The first-order valence-corrected chi connectivity index (χ1v) is 5.93. The first-order chi connectivity index (χ1) is 7.78. The summed E-state index contributed by atoms with van der Waals surface area (Å²) in [4.78, 5) is 16.1. The lowest BCUT2D eigenvalue weighted by Gasteiger charge is -2.20. The van der Waals surface area contributed by atoms with Crippen LogP contribution in [0.15, 0.2) is 18.2 Å². The van der Waals surface area contributed by atoms with Crippen molar-refractivity contribution in [3.63, 3.8) is 0 Å². The third-order valence-corrected chi connectivity index (χ3v) is 2.31. The Bertz CT molecular complexity index is 393. The number of esters is 1. The van der Waals surface area contributed by atoms with Crippen molar-refractivity contribution in [2.75, 3.05) is 0 Å². The van der Waals surface area contributed by atoms with Gasteiger partial charge in [-0.2, -0.15) is 0 Å². The topological polar surface area (TPSA) is 39.2 Å². The highest BCUT2D eigenvalue weighted by Gasteiger charge is 2.19. The summed E-state index contributed by atoms with van der Waals surface area (Å²) < 4.78 is 5.29. The van der Waals surface area contributed by atoms with Crippen LogP contribution in [0.5, 0.6) is 0 Å². The van der Waals surface area contributed by atoms with E-state index < -0.39 is 5.60 Å². The molecule has 1 rings (SSSR count). The van der Waals surface area contributed by atoms with Crippen LogP contribution in [0, 0.1) is 6.92 Å². The standard InChI is InChI=1S/C14H21NO2/c1-10(9-13(16)17-14(3,4)5)12-8-6-7-11(2)15-12/h6-8,10H,9H2,1-5H3. The van der Waals surface area contributed by atoms with E-state index >= 15 is 0 Å². The fourth-order valence-corrected chi connectivity index (χ4v) is 1.58. The van der Waals surface area contributed by atoms with Crippen LogP contribution in [-0.4, -0.2) is 16.6 Å². The molecule has 1 unspecified atom stereocenters. The molecule has 1 aromatic heterocycles. The van der Waals surface area contributed by atoms with Crippen LogP contribution in [0.2, 0.25) is 0 Å². The normalized spacial score (nSPS) is 13.2. The highest BCUT2D eigenvalue weighted by molar-refractivity contribution is 5.70. The number of nitrogens with zero attached hydrogens (tertiary/aromatic N) is 1. The zero-order valence-electron chi connectivity index (χ0n) is 11.3.